The summed E-state index contributed by atoms with van der Waals surface area (Å²) >= 11 is 1.99. The number of nitrogens with zero attached hydrogens (tertiary/aromatic N) is 1. The zero-order valence-corrected chi connectivity index (χ0v) is 12.2. The van der Waals surface area contributed by atoms with Gasteiger partial charge in [-0.1, -0.05) is 12.1 Å². The van der Waals surface area contributed by atoms with Crippen molar-refractivity contribution in [1.82, 2.24) is 4.90 Å². The number of hydrogen-bond acceptors (Lipinski definition) is 5. The molecular formula is C13H20BNO3S. The van der Waals surface area contributed by atoms with E-state index in [4.69, 9.17) is 4.74 Å². The third-order valence-electron chi connectivity index (χ3n) is 3.53. The van der Waals surface area contributed by atoms with Gasteiger partial charge >= 0.3 is 7.12 Å². The van der Waals surface area contributed by atoms with E-state index >= 15 is 0 Å². The van der Waals surface area contributed by atoms with Gasteiger partial charge in [-0.25, -0.2) is 0 Å². The van der Waals surface area contributed by atoms with Gasteiger partial charge in [-0.05, 0) is 30.9 Å². The summed E-state index contributed by atoms with van der Waals surface area (Å²) in [5.74, 6) is 2.93. The van der Waals surface area contributed by atoms with E-state index in [1.165, 1.54) is 25.0 Å². The van der Waals surface area contributed by atoms with E-state index in [1.54, 1.807) is 6.07 Å². The molecule has 2 rings (SSSR count). The quantitative estimate of drug-likeness (QED) is 0.761. The first-order valence-electron chi connectivity index (χ1n) is 6.42. The Bertz CT molecular complexity index is 424. The van der Waals surface area contributed by atoms with Crippen molar-refractivity contribution in [3.63, 3.8) is 0 Å². The maximum atomic E-state index is 9.36. The first kappa shape index (κ1) is 14.7. The van der Waals surface area contributed by atoms with Crippen LogP contribution < -0.4 is 10.2 Å². The largest absolute Gasteiger partial charge is 0.497 e. The average molecular weight is 281 g/mol. The SMILES string of the molecule is COc1ccc(CN(C)C2CCSC2)cc1B(O)O. The lowest BCUT2D eigenvalue weighted by molar-refractivity contribution is 0.254. The zero-order chi connectivity index (χ0) is 13.8. The molecule has 4 nitrogen and oxygen atoms in total. The summed E-state index contributed by atoms with van der Waals surface area (Å²) in [5, 5.41) is 18.7. The van der Waals surface area contributed by atoms with Crippen LogP contribution in [0.1, 0.15) is 12.0 Å². The highest BCUT2D eigenvalue weighted by molar-refractivity contribution is 7.99. The predicted molar refractivity (Wildman–Crippen MR) is 80.0 cm³/mol. The fraction of sp³-hybridized carbons (Fsp3) is 0.538. The van der Waals surface area contributed by atoms with Gasteiger partial charge in [-0.15, -0.1) is 0 Å². The molecule has 1 aliphatic heterocycles. The Labute approximate surface area is 118 Å². The molecule has 0 aromatic heterocycles. The van der Waals surface area contributed by atoms with Crippen LogP contribution in [-0.4, -0.2) is 53.8 Å². The molecule has 1 saturated heterocycles. The van der Waals surface area contributed by atoms with Gasteiger partial charge in [0.15, 0.2) is 0 Å². The number of methoxy groups -OCH3 is 1. The van der Waals surface area contributed by atoms with Crippen LogP contribution in [0.2, 0.25) is 0 Å². The molecule has 0 bridgehead atoms. The topological polar surface area (TPSA) is 52.9 Å². The van der Waals surface area contributed by atoms with E-state index in [-0.39, 0.29) is 0 Å². The normalized spacial score (nSPS) is 18.9. The molecule has 19 heavy (non-hydrogen) atoms. The first-order valence-corrected chi connectivity index (χ1v) is 7.58. The van der Waals surface area contributed by atoms with E-state index in [0.717, 1.165) is 12.1 Å². The molecule has 0 saturated carbocycles. The van der Waals surface area contributed by atoms with Crippen LogP contribution in [0, 0.1) is 0 Å². The molecular weight excluding hydrogens is 261 g/mol. The van der Waals surface area contributed by atoms with Crippen molar-refractivity contribution >= 4 is 24.3 Å². The van der Waals surface area contributed by atoms with Crippen molar-refractivity contribution in [2.75, 3.05) is 25.7 Å². The van der Waals surface area contributed by atoms with E-state index in [9.17, 15) is 10.0 Å². The second-order valence-corrected chi connectivity index (χ2v) is 6.03. The minimum atomic E-state index is -1.50. The molecule has 1 atom stereocenters. The molecule has 1 fully saturated rings. The smallest absolute Gasteiger partial charge is 0.492 e. The lowest BCUT2D eigenvalue weighted by Gasteiger charge is -2.24. The average Bonchev–Trinajstić information content (AvgIpc) is 2.92. The summed E-state index contributed by atoms with van der Waals surface area (Å²) < 4.78 is 5.13. The molecule has 104 valence electrons. The third kappa shape index (κ3) is 3.66. The van der Waals surface area contributed by atoms with Crippen LogP contribution >= 0.6 is 11.8 Å². The summed E-state index contributed by atoms with van der Waals surface area (Å²) in [7, 11) is 2.15. The van der Waals surface area contributed by atoms with Gasteiger partial charge in [0.1, 0.15) is 5.75 Å². The Kier molecular flexibility index (Phi) is 5.16. The fourth-order valence-corrected chi connectivity index (χ4v) is 3.67. The fourth-order valence-electron chi connectivity index (χ4n) is 2.37. The Hall–Kier alpha value is -0.685. The van der Waals surface area contributed by atoms with Gasteiger partial charge in [0, 0.05) is 23.8 Å². The van der Waals surface area contributed by atoms with E-state index in [2.05, 4.69) is 11.9 Å². The molecule has 1 aliphatic rings. The molecule has 1 heterocycles. The molecule has 0 aliphatic carbocycles. The van der Waals surface area contributed by atoms with Gasteiger partial charge in [0.2, 0.25) is 0 Å². The van der Waals surface area contributed by atoms with Gasteiger partial charge in [-0.3, -0.25) is 4.90 Å². The van der Waals surface area contributed by atoms with Crippen molar-refractivity contribution in [2.45, 2.75) is 19.0 Å². The summed E-state index contributed by atoms with van der Waals surface area (Å²) in [6.45, 7) is 0.814. The van der Waals surface area contributed by atoms with Crippen molar-refractivity contribution in [1.29, 1.82) is 0 Å². The van der Waals surface area contributed by atoms with Crippen LogP contribution in [0.3, 0.4) is 0 Å². The second kappa shape index (κ2) is 6.66. The first-order chi connectivity index (χ1) is 9.11. The standard InChI is InChI=1S/C13H20BNO3S/c1-15(11-5-6-19-9-11)8-10-3-4-13(18-2)12(7-10)14(16)17/h3-4,7,11,16-17H,5-6,8-9H2,1-2H3. The Morgan fingerprint density at radius 3 is 2.84 bits per heavy atom. The van der Waals surface area contributed by atoms with Crippen LogP contribution in [0.25, 0.3) is 0 Å². The molecule has 0 spiro atoms. The van der Waals surface area contributed by atoms with E-state index < -0.39 is 7.12 Å². The predicted octanol–water partition coefficient (Wildman–Crippen LogP) is 0.312. The Morgan fingerprint density at radius 1 is 1.47 bits per heavy atom. The van der Waals surface area contributed by atoms with Crippen molar-refractivity contribution in [3.8, 4) is 5.75 Å². The van der Waals surface area contributed by atoms with Crippen LogP contribution in [0.15, 0.2) is 18.2 Å². The van der Waals surface area contributed by atoms with Crippen LogP contribution in [0.5, 0.6) is 5.75 Å². The number of hydrogen-bond donors (Lipinski definition) is 2. The monoisotopic (exact) mass is 281 g/mol. The number of benzene rings is 1. The van der Waals surface area contributed by atoms with Gasteiger partial charge in [-0.2, -0.15) is 11.8 Å². The highest BCUT2D eigenvalue weighted by Crippen LogP contribution is 2.22. The minimum absolute atomic E-state index is 0.425. The Morgan fingerprint density at radius 2 is 2.26 bits per heavy atom. The van der Waals surface area contributed by atoms with Crippen molar-refractivity contribution < 1.29 is 14.8 Å². The number of ether oxygens (including phenoxy) is 1. The lowest BCUT2D eigenvalue weighted by atomic mass is 9.78. The van der Waals surface area contributed by atoms with E-state index in [0.29, 0.717) is 17.3 Å². The molecule has 1 unspecified atom stereocenters. The highest BCUT2D eigenvalue weighted by Gasteiger charge is 2.21. The molecule has 1 aromatic rings. The number of thioether (sulfide) groups is 1. The highest BCUT2D eigenvalue weighted by atomic mass is 32.2. The number of rotatable bonds is 5. The van der Waals surface area contributed by atoms with Crippen LogP contribution in [-0.2, 0) is 6.54 Å². The molecule has 2 N–H and O–H groups in total. The molecule has 0 amide bonds. The van der Waals surface area contributed by atoms with Gasteiger partial charge < -0.3 is 14.8 Å². The maximum absolute atomic E-state index is 9.36. The van der Waals surface area contributed by atoms with Crippen molar-refractivity contribution in [2.24, 2.45) is 0 Å². The molecule has 0 radical (unpaired) electrons. The van der Waals surface area contributed by atoms with Gasteiger partial charge in [0.25, 0.3) is 0 Å². The summed E-state index contributed by atoms with van der Waals surface area (Å²) in [4.78, 5) is 2.33. The van der Waals surface area contributed by atoms with Crippen molar-refractivity contribution in [3.05, 3.63) is 23.8 Å². The molecule has 1 aromatic carbocycles. The second-order valence-electron chi connectivity index (χ2n) is 4.88. The summed E-state index contributed by atoms with van der Waals surface area (Å²) in [5.41, 5.74) is 1.50. The van der Waals surface area contributed by atoms with Crippen LogP contribution in [0.4, 0.5) is 0 Å². The maximum Gasteiger partial charge on any atom is 0.492 e. The Balaban J connectivity index is 2.09. The summed E-state index contributed by atoms with van der Waals surface area (Å²) in [6, 6.07) is 6.20. The third-order valence-corrected chi connectivity index (χ3v) is 4.68. The zero-order valence-electron chi connectivity index (χ0n) is 11.4. The molecule has 6 heteroatoms. The minimum Gasteiger partial charge on any atom is -0.497 e. The lowest BCUT2D eigenvalue weighted by Crippen LogP contribution is -2.34. The van der Waals surface area contributed by atoms with E-state index in [1.807, 2.05) is 23.9 Å². The summed E-state index contributed by atoms with van der Waals surface area (Å²) in [6.07, 6.45) is 1.23. The van der Waals surface area contributed by atoms with Gasteiger partial charge in [0.05, 0.1) is 7.11 Å².